The summed E-state index contributed by atoms with van der Waals surface area (Å²) < 4.78 is 43.2. The molecule has 0 atom stereocenters. The molecule has 0 amide bonds. The minimum atomic E-state index is -4.69. The SMILES string of the molecule is CCOc1cc(C(C)=O)c(C(F)(F)F)cc1C=O. The Labute approximate surface area is 102 Å². The Bertz CT molecular complexity index is 478. The van der Waals surface area contributed by atoms with Crippen molar-refractivity contribution in [2.45, 2.75) is 20.0 Å². The van der Waals surface area contributed by atoms with E-state index in [1.165, 1.54) is 0 Å². The third-order valence-corrected chi connectivity index (χ3v) is 2.26. The summed E-state index contributed by atoms with van der Waals surface area (Å²) in [7, 11) is 0. The maximum Gasteiger partial charge on any atom is 0.417 e. The molecule has 0 saturated heterocycles. The van der Waals surface area contributed by atoms with Gasteiger partial charge in [-0.05, 0) is 26.0 Å². The second-order valence-corrected chi connectivity index (χ2v) is 3.54. The number of aldehydes is 1. The standard InChI is InChI=1S/C12H11F3O3/c1-3-18-11-5-9(7(2)17)10(12(13,14)15)4-8(11)6-16/h4-6H,3H2,1-2H3. The first kappa shape index (κ1) is 14.2. The number of hydrogen-bond donors (Lipinski definition) is 0. The Hall–Kier alpha value is -1.85. The molecule has 1 rings (SSSR count). The minimum absolute atomic E-state index is 0.0225. The lowest BCUT2D eigenvalue weighted by Crippen LogP contribution is -2.13. The van der Waals surface area contributed by atoms with E-state index in [-0.39, 0.29) is 24.2 Å². The van der Waals surface area contributed by atoms with Crippen LogP contribution in [0, 0.1) is 0 Å². The van der Waals surface area contributed by atoms with Gasteiger partial charge >= 0.3 is 6.18 Å². The first-order valence-corrected chi connectivity index (χ1v) is 5.15. The third kappa shape index (κ3) is 2.88. The second-order valence-electron chi connectivity index (χ2n) is 3.54. The molecule has 0 bridgehead atoms. The number of carbonyl (C=O) groups excluding carboxylic acids is 2. The molecule has 18 heavy (non-hydrogen) atoms. The zero-order chi connectivity index (χ0) is 13.9. The Kier molecular flexibility index (Phi) is 4.11. The van der Waals surface area contributed by atoms with Crippen LogP contribution in [0.1, 0.15) is 40.1 Å². The van der Waals surface area contributed by atoms with Crippen molar-refractivity contribution >= 4 is 12.1 Å². The highest BCUT2D eigenvalue weighted by atomic mass is 19.4. The van der Waals surface area contributed by atoms with Gasteiger partial charge in [-0.1, -0.05) is 0 Å². The molecule has 0 spiro atoms. The average Bonchev–Trinajstić information content (AvgIpc) is 2.27. The zero-order valence-electron chi connectivity index (χ0n) is 9.80. The Morgan fingerprint density at radius 3 is 2.39 bits per heavy atom. The summed E-state index contributed by atoms with van der Waals surface area (Å²) in [6, 6.07) is 1.59. The van der Waals surface area contributed by atoms with Crippen LogP contribution in [0.5, 0.6) is 5.75 Å². The highest BCUT2D eigenvalue weighted by molar-refractivity contribution is 5.97. The van der Waals surface area contributed by atoms with E-state index in [2.05, 4.69) is 0 Å². The smallest absolute Gasteiger partial charge is 0.417 e. The third-order valence-electron chi connectivity index (χ3n) is 2.26. The fourth-order valence-electron chi connectivity index (χ4n) is 1.49. The van der Waals surface area contributed by atoms with Crippen molar-refractivity contribution < 1.29 is 27.5 Å². The zero-order valence-corrected chi connectivity index (χ0v) is 9.80. The second kappa shape index (κ2) is 5.20. The summed E-state index contributed by atoms with van der Waals surface area (Å²) in [5.74, 6) is -0.758. The highest BCUT2D eigenvalue weighted by Gasteiger charge is 2.35. The van der Waals surface area contributed by atoms with Gasteiger partial charge in [0, 0.05) is 5.56 Å². The number of hydrogen-bond acceptors (Lipinski definition) is 3. The average molecular weight is 260 g/mol. The number of ketones is 1. The molecule has 98 valence electrons. The van der Waals surface area contributed by atoms with E-state index in [9.17, 15) is 22.8 Å². The van der Waals surface area contributed by atoms with Crippen LogP contribution in [0.25, 0.3) is 0 Å². The van der Waals surface area contributed by atoms with E-state index < -0.39 is 23.1 Å². The fourth-order valence-corrected chi connectivity index (χ4v) is 1.49. The van der Waals surface area contributed by atoms with Gasteiger partial charge in [-0.2, -0.15) is 13.2 Å². The van der Waals surface area contributed by atoms with E-state index in [4.69, 9.17) is 4.74 Å². The van der Waals surface area contributed by atoms with Crippen LogP contribution in [0.15, 0.2) is 12.1 Å². The molecule has 0 aliphatic rings. The number of rotatable bonds is 4. The summed E-state index contributed by atoms with van der Waals surface area (Å²) >= 11 is 0. The topological polar surface area (TPSA) is 43.4 Å². The molecule has 0 aliphatic carbocycles. The van der Waals surface area contributed by atoms with Crippen molar-refractivity contribution in [3.63, 3.8) is 0 Å². The minimum Gasteiger partial charge on any atom is -0.493 e. The molecular formula is C12H11F3O3. The van der Waals surface area contributed by atoms with Crippen molar-refractivity contribution in [3.8, 4) is 5.75 Å². The van der Waals surface area contributed by atoms with Crippen LogP contribution < -0.4 is 4.74 Å². The van der Waals surface area contributed by atoms with E-state index in [1.807, 2.05) is 0 Å². The Balaban J connectivity index is 3.52. The number of carbonyl (C=O) groups is 2. The van der Waals surface area contributed by atoms with E-state index >= 15 is 0 Å². The molecule has 0 saturated carbocycles. The number of ether oxygens (including phenoxy) is 1. The summed E-state index contributed by atoms with van der Waals surface area (Å²) in [5, 5.41) is 0. The van der Waals surface area contributed by atoms with Crippen LogP contribution in [0.3, 0.4) is 0 Å². The quantitative estimate of drug-likeness (QED) is 0.617. The molecular weight excluding hydrogens is 249 g/mol. The van der Waals surface area contributed by atoms with Crippen LogP contribution in [-0.4, -0.2) is 18.7 Å². The highest BCUT2D eigenvalue weighted by Crippen LogP contribution is 2.35. The van der Waals surface area contributed by atoms with Crippen molar-refractivity contribution in [3.05, 3.63) is 28.8 Å². The first-order chi connectivity index (χ1) is 8.31. The maximum absolute atomic E-state index is 12.7. The van der Waals surface area contributed by atoms with Gasteiger partial charge in [0.1, 0.15) is 5.75 Å². The monoisotopic (exact) mass is 260 g/mol. The summed E-state index contributed by atoms with van der Waals surface area (Å²) in [6.07, 6.45) is -4.42. The van der Waals surface area contributed by atoms with Crippen molar-refractivity contribution in [1.82, 2.24) is 0 Å². The number of halogens is 3. The summed E-state index contributed by atoms with van der Waals surface area (Å²) in [5.41, 5.74) is -1.86. The molecule has 0 fully saturated rings. The van der Waals surface area contributed by atoms with Gasteiger partial charge in [0.2, 0.25) is 0 Å². The van der Waals surface area contributed by atoms with Crippen LogP contribution in [0.4, 0.5) is 13.2 Å². The molecule has 0 N–H and O–H groups in total. The maximum atomic E-state index is 12.7. The molecule has 3 nitrogen and oxygen atoms in total. The molecule has 0 aliphatic heterocycles. The van der Waals surface area contributed by atoms with Crippen LogP contribution in [0.2, 0.25) is 0 Å². The first-order valence-electron chi connectivity index (χ1n) is 5.15. The van der Waals surface area contributed by atoms with Crippen molar-refractivity contribution in [1.29, 1.82) is 0 Å². The number of benzene rings is 1. The molecule has 0 heterocycles. The lowest BCUT2D eigenvalue weighted by atomic mass is 10.00. The molecule has 1 aromatic carbocycles. The van der Waals surface area contributed by atoms with Gasteiger partial charge < -0.3 is 4.74 Å². The van der Waals surface area contributed by atoms with Gasteiger partial charge in [-0.3, -0.25) is 9.59 Å². The summed E-state index contributed by atoms with van der Waals surface area (Å²) in [6.45, 7) is 2.84. The van der Waals surface area contributed by atoms with E-state index in [0.717, 1.165) is 13.0 Å². The largest absolute Gasteiger partial charge is 0.493 e. The summed E-state index contributed by atoms with van der Waals surface area (Å²) in [4.78, 5) is 22.0. The molecule has 0 aromatic heterocycles. The number of Topliss-reactive ketones (excluding diaryl/α,β-unsaturated/α-hetero) is 1. The van der Waals surface area contributed by atoms with Crippen LogP contribution in [-0.2, 0) is 6.18 Å². The van der Waals surface area contributed by atoms with E-state index in [0.29, 0.717) is 6.07 Å². The normalized spacial score (nSPS) is 11.2. The van der Waals surface area contributed by atoms with Gasteiger partial charge in [0.15, 0.2) is 12.1 Å². The van der Waals surface area contributed by atoms with Crippen LogP contribution >= 0.6 is 0 Å². The Morgan fingerprint density at radius 2 is 2.00 bits per heavy atom. The lowest BCUT2D eigenvalue weighted by molar-refractivity contribution is -0.137. The lowest BCUT2D eigenvalue weighted by Gasteiger charge is -2.14. The van der Waals surface area contributed by atoms with Gasteiger partial charge in [-0.25, -0.2) is 0 Å². The molecule has 0 radical (unpaired) electrons. The molecule has 0 unspecified atom stereocenters. The number of alkyl halides is 3. The van der Waals surface area contributed by atoms with Crippen molar-refractivity contribution in [2.24, 2.45) is 0 Å². The Morgan fingerprint density at radius 1 is 1.39 bits per heavy atom. The van der Waals surface area contributed by atoms with Crippen molar-refractivity contribution in [2.75, 3.05) is 6.61 Å². The van der Waals surface area contributed by atoms with Gasteiger partial charge in [0.05, 0.1) is 17.7 Å². The molecule has 6 heteroatoms. The predicted molar refractivity (Wildman–Crippen MR) is 58.0 cm³/mol. The van der Waals surface area contributed by atoms with Gasteiger partial charge in [0.25, 0.3) is 0 Å². The van der Waals surface area contributed by atoms with Gasteiger partial charge in [-0.15, -0.1) is 0 Å². The fraction of sp³-hybridized carbons (Fsp3) is 0.333. The molecule has 1 aromatic rings. The van der Waals surface area contributed by atoms with E-state index in [1.54, 1.807) is 6.92 Å². The predicted octanol–water partition coefficient (Wildman–Crippen LogP) is 3.12.